The average molecular weight is 527 g/mol. The summed E-state index contributed by atoms with van der Waals surface area (Å²) >= 11 is 13.4. The zero-order chi connectivity index (χ0) is 24.9. The lowest BCUT2D eigenvalue weighted by molar-refractivity contribution is -0.123. The van der Waals surface area contributed by atoms with Crippen molar-refractivity contribution in [2.75, 3.05) is 11.9 Å². The molecule has 178 valence electrons. The molecular formula is C26H20Cl2N2O4S. The first-order valence-electron chi connectivity index (χ1n) is 10.6. The minimum Gasteiger partial charge on any atom is -0.482 e. The van der Waals surface area contributed by atoms with Crippen LogP contribution >= 0.6 is 35.0 Å². The van der Waals surface area contributed by atoms with Gasteiger partial charge in [-0.3, -0.25) is 19.3 Å². The van der Waals surface area contributed by atoms with Gasteiger partial charge in [0.2, 0.25) is 0 Å². The molecule has 1 heterocycles. The van der Waals surface area contributed by atoms with Crippen molar-refractivity contribution in [2.45, 2.75) is 13.5 Å². The number of amides is 3. The Bertz CT molecular complexity index is 1340. The van der Waals surface area contributed by atoms with Crippen LogP contribution in [0.5, 0.6) is 5.75 Å². The second-order valence-electron chi connectivity index (χ2n) is 7.76. The van der Waals surface area contributed by atoms with E-state index in [9.17, 15) is 14.4 Å². The molecule has 0 spiro atoms. The number of thioether (sulfide) groups is 1. The lowest BCUT2D eigenvalue weighted by Gasteiger charge is -2.13. The Morgan fingerprint density at radius 1 is 1.03 bits per heavy atom. The largest absolute Gasteiger partial charge is 0.482 e. The van der Waals surface area contributed by atoms with Crippen molar-refractivity contribution in [1.29, 1.82) is 0 Å². The molecule has 1 aliphatic heterocycles. The first-order chi connectivity index (χ1) is 16.8. The number of imide groups is 1. The highest BCUT2D eigenvalue weighted by Crippen LogP contribution is 2.35. The number of carbonyl (C=O) groups is 3. The van der Waals surface area contributed by atoms with Crippen LogP contribution in [0.25, 0.3) is 6.08 Å². The number of aryl methyl sites for hydroxylation is 1. The number of halogens is 2. The summed E-state index contributed by atoms with van der Waals surface area (Å²) in [5.41, 5.74) is 3.02. The van der Waals surface area contributed by atoms with E-state index >= 15 is 0 Å². The quantitative estimate of drug-likeness (QED) is 0.353. The molecule has 0 radical (unpaired) electrons. The van der Waals surface area contributed by atoms with Gasteiger partial charge < -0.3 is 10.1 Å². The van der Waals surface area contributed by atoms with Gasteiger partial charge >= 0.3 is 0 Å². The van der Waals surface area contributed by atoms with Crippen LogP contribution in [0.3, 0.4) is 0 Å². The highest BCUT2D eigenvalue weighted by Gasteiger charge is 2.35. The first kappa shape index (κ1) is 24.9. The van der Waals surface area contributed by atoms with Gasteiger partial charge in [-0.05, 0) is 71.8 Å². The molecule has 3 aromatic rings. The van der Waals surface area contributed by atoms with E-state index in [1.54, 1.807) is 54.6 Å². The van der Waals surface area contributed by atoms with Gasteiger partial charge in [0.1, 0.15) is 5.75 Å². The van der Waals surface area contributed by atoms with Crippen LogP contribution in [0.4, 0.5) is 10.5 Å². The van der Waals surface area contributed by atoms with Crippen LogP contribution in [0.1, 0.15) is 16.7 Å². The second kappa shape index (κ2) is 11.0. The summed E-state index contributed by atoms with van der Waals surface area (Å²) in [7, 11) is 0. The number of nitrogens with zero attached hydrogens (tertiary/aromatic N) is 1. The van der Waals surface area contributed by atoms with E-state index in [1.165, 1.54) is 0 Å². The van der Waals surface area contributed by atoms with E-state index in [0.717, 1.165) is 22.2 Å². The van der Waals surface area contributed by atoms with Crippen LogP contribution in [0, 0.1) is 6.92 Å². The number of benzene rings is 3. The molecule has 0 aromatic heterocycles. The maximum atomic E-state index is 12.8. The van der Waals surface area contributed by atoms with Gasteiger partial charge in [-0.1, -0.05) is 59.6 Å². The normalized spacial score (nSPS) is 14.5. The molecule has 1 aliphatic rings. The van der Waals surface area contributed by atoms with Crippen molar-refractivity contribution >= 4 is 63.8 Å². The minimum atomic E-state index is -0.399. The van der Waals surface area contributed by atoms with Crippen LogP contribution in [-0.4, -0.2) is 28.6 Å². The lowest BCUT2D eigenvalue weighted by atomic mass is 10.2. The summed E-state index contributed by atoms with van der Waals surface area (Å²) in [6, 6.07) is 19.4. The standard InChI is InChI=1S/C26H20Cl2N2O4S/c1-16-5-4-7-19(11-16)29-24(31)15-34-22-10-9-17(12-21(22)28)13-23-25(32)30(26(33)35-23)14-18-6-2-3-8-20(18)27/h2-13H,14-15H2,1H3,(H,29,31)/b23-13-. The van der Waals surface area contributed by atoms with E-state index in [4.69, 9.17) is 27.9 Å². The topological polar surface area (TPSA) is 75.7 Å². The molecule has 1 N–H and O–H groups in total. The Kier molecular flexibility index (Phi) is 7.80. The first-order valence-corrected chi connectivity index (χ1v) is 12.1. The van der Waals surface area contributed by atoms with Gasteiger partial charge in [0, 0.05) is 10.7 Å². The smallest absolute Gasteiger partial charge is 0.293 e. The Morgan fingerprint density at radius 2 is 1.83 bits per heavy atom. The number of nitrogens with one attached hydrogen (secondary N) is 1. The fourth-order valence-corrected chi connectivity index (χ4v) is 4.65. The fourth-order valence-electron chi connectivity index (χ4n) is 3.37. The number of rotatable bonds is 7. The number of ether oxygens (including phenoxy) is 1. The van der Waals surface area contributed by atoms with Crippen LogP contribution in [0.15, 0.2) is 71.6 Å². The van der Waals surface area contributed by atoms with Gasteiger partial charge in [-0.25, -0.2) is 0 Å². The number of hydrogen-bond donors (Lipinski definition) is 1. The van der Waals surface area contributed by atoms with Crippen molar-refractivity contribution in [3.63, 3.8) is 0 Å². The Labute approximate surface area is 216 Å². The zero-order valence-electron chi connectivity index (χ0n) is 18.6. The number of hydrogen-bond acceptors (Lipinski definition) is 5. The molecule has 3 aromatic carbocycles. The molecule has 0 aliphatic carbocycles. The third-order valence-corrected chi connectivity index (χ3v) is 6.65. The van der Waals surface area contributed by atoms with E-state index < -0.39 is 5.91 Å². The molecule has 0 unspecified atom stereocenters. The summed E-state index contributed by atoms with van der Waals surface area (Å²) in [6.45, 7) is 1.82. The third kappa shape index (κ3) is 6.25. The van der Waals surface area contributed by atoms with Crippen molar-refractivity contribution in [3.8, 4) is 5.75 Å². The molecule has 3 amide bonds. The van der Waals surface area contributed by atoms with E-state index in [1.807, 2.05) is 25.1 Å². The summed E-state index contributed by atoms with van der Waals surface area (Å²) in [5.74, 6) is -0.387. The zero-order valence-corrected chi connectivity index (χ0v) is 20.9. The van der Waals surface area contributed by atoms with Gasteiger partial charge in [0.05, 0.1) is 16.5 Å². The molecule has 0 bridgehead atoms. The third-order valence-electron chi connectivity index (χ3n) is 5.07. The monoisotopic (exact) mass is 526 g/mol. The minimum absolute atomic E-state index is 0.0971. The van der Waals surface area contributed by atoms with Crippen LogP contribution in [-0.2, 0) is 16.1 Å². The maximum Gasteiger partial charge on any atom is 0.293 e. The van der Waals surface area contributed by atoms with Gasteiger partial charge in [-0.2, -0.15) is 0 Å². The number of anilines is 1. The molecule has 9 heteroatoms. The molecular weight excluding hydrogens is 507 g/mol. The van der Waals surface area contributed by atoms with Crippen molar-refractivity contribution in [1.82, 2.24) is 4.90 Å². The second-order valence-corrected chi connectivity index (χ2v) is 9.56. The highest BCUT2D eigenvalue weighted by atomic mass is 35.5. The molecule has 1 saturated heterocycles. The van der Waals surface area contributed by atoms with Crippen molar-refractivity contribution in [2.24, 2.45) is 0 Å². The Morgan fingerprint density at radius 3 is 2.57 bits per heavy atom. The van der Waals surface area contributed by atoms with Crippen LogP contribution < -0.4 is 10.1 Å². The summed E-state index contributed by atoms with van der Waals surface area (Å²) < 4.78 is 5.55. The SMILES string of the molecule is Cc1cccc(NC(=O)COc2ccc(/C=C3\SC(=O)N(Cc4ccccc4Cl)C3=O)cc2Cl)c1. The summed E-state index contributed by atoms with van der Waals surface area (Å²) in [6.07, 6.45) is 1.59. The summed E-state index contributed by atoms with van der Waals surface area (Å²) in [4.78, 5) is 38.8. The van der Waals surface area contributed by atoms with Crippen molar-refractivity contribution < 1.29 is 19.1 Å². The predicted octanol–water partition coefficient (Wildman–Crippen LogP) is 6.56. The van der Waals surface area contributed by atoms with Gasteiger partial charge in [0.25, 0.3) is 17.1 Å². The molecule has 0 saturated carbocycles. The molecule has 4 rings (SSSR count). The average Bonchev–Trinajstić information content (AvgIpc) is 3.07. The van der Waals surface area contributed by atoms with Crippen LogP contribution in [0.2, 0.25) is 10.0 Å². The molecule has 1 fully saturated rings. The van der Waals surface area contributed by atoms with E-state index in [-0.39, 0.29) is 34.2 Å². The van der Waals surface area contributed by atoms with Crippen molar-refractivity contribution in [3.05, 3.63) is 98.4 Å². The number of carbonyl (C=O) groups excluding carboxylic acids is 3. The molecule has 0 atom stereocenters. The Balaban J connectivity index is 1.39. The summed E-state index contributed by atoms with van der Waals surface area (Å²) in [5, 5.41) is 3.16. The van der Waals surface area contributed by atoms with Gasteiger partial charge in [-0.15, -0.1) is 0 Å². The predicted molar refractivity (Wildman–Crippen MR) is 140 cm³/mol. The molecule has 6 nitrogen and oxygen atoms in total. The maximum absolute atomic E-state index is 12.8. The Hall–Kier alpha value is -3.26. The molecule has 35 heavy (non-hydrogen) atoms. The van der Waals surface area contributed by atoms with Gasteiger partial charge in [0.15, 0.2) is 6.61 Å². The lowest BCUT2D eigenvalue weighted by Crippen LogP contribution is -2.27. The fraction of sp³-hybridized carbons (Fsp3) is 0.115. The highest BCUT2D eigenvalue weighted by molar-refractivity contribution is 8.18. The van der Waals surface area contributed by atoms with E-state index in [2.05, 4.69) is 5.32 Å². The van der Waals surface area contributed by atoms with E-state index in [0.29, 0.717) is 27.6 Å².